The van der Waals surface area contributed by atoms with E-state index in [1.807, 2.05) is 0 Å². The molecule has 21 amide bonds. The van der Waals surface area contributed by atoms with E-state index in [0.29, 0.717) is 51.4 Å². The van der Waals surface area contributed by atoms with Gasteiger partial charge in [0, 0.05) is 32.3 Å². The number of primary amides is 1. The van der Waals surface area contributed by atoms with E-state index < -0.39 is 273 Å². The van der Waals surface area contributed by atoms with Crippen molar-refractivity contribution in [2.45, 2.75) is 261 Å². The fraction of sp³-hybridized carbons (Fsp3) is 0.690. The van der Waals surface area contributed by atoms with Gasteiger partial charge in [-0.2, -0.15) is 0 Å². The first-order valence-electron chi connectivity index (χ1n) is 48.9. The van der Waals surface area contributed by atoms with Gasteiger partial charge in [0.1, 0.15) is 78.5 Å². The van der Waals surface area contributed by atoms with E-state index in [1.165, 1.54) is 19.4 Å². The molecule has 1 rings (SSSR count). The Morgan fingerprint density at radius 2 is 0.565 bits per heavy atom. The van der Waals surface area contributed by atoms with Crippen molar-refractivity contribution in [1.82, 2.24) is 132 Å². The summed E-state index contributed by atoms with van der Waals surface area (Å²) in [6.45, 7) is 2.80. The second-order valence-electron chi connectivity index (χ2n) is 35.2. The molecule has 60 heteroatoms. The van der Waals surface area contributed by atoms with Crippen LogP contribution >= 0.6 is 0 Å². The van der Waals surface area contributed by atoms with Crippen LogP contribution in [0.2, 0.25) is 0 Å². The maximum Gasteiger partial charge on any atom is 0.243 e. The van der Waals surface area contributed by atoms with Crippen LogP contribution in [0.15, 0.2) is 12.5 Å². The van der Waals surface area contributed by atoms with Gasteiger partial charge in [-0.1, -0.05) is 27.7 Å². The lowest BCUT2D eigenvalue weighted by Crippen LogP contribution is -2.60. The summed E-state index contributed by atoms with van der Waals surface area (Å²) in [4.78, 5) is 290. The fourth-order valence-electron chi connectivity index (χ4n) is 13.8. The Hall–Kier alpha value is -14.4. The molecule has 0 aliphatic rings. The van der Waals surface area contributed by atoms with Crippen molar-refractivity contribution in [3.05, 3.63) is 18.2 Å². The summed E-state index contributed by atoms with van der Waals surface area (Å²) in [7, 11) is 0. The number of carbonyl (C=O) groups excluding carboxylic acids is 21. The van der Waals surface area contributed by atoms with Gasteiger partial charge in [0.25, 0.3) is 0 Å². The highest BCUT2D eigenvalue weighted by molar-refractivity contribution is 6.01. The number of aliphatic hydroxyl groups excluding tert-OH is 1. The minimum Gasteiger partial charge on any atom is -0.394 e. The highest BCUT2D eigenvalue weighted by atomic mass is 16.3. The third-order valence-electron chi connectivity index (χ3n) is 21.8. The Balaban J connectivity index is 3.18. The number of H-pyrrole nitrogens is 1. The number of nitrogens with zero attached hydrogens (tertiary/aromatic N) is 1. The number of amides is 21. The lowest BCUT2D eigenvalue weighted by atomic mass is 10.0. The number of carbonyl (C=O) groups is 21. The lowest BCUT2D eigenvalue weighted by Gasteiger charge is -2.28. The van der Waals surface area contributed by atoms with E-state index in [9.17, 15) is 101 Å². The molecule has 830 valence electrons. The number of imidazole rings is 1. The van der Waals surface area contributed by atoms with E-state index in [4.69, 9.17) is 78.7 Å². The predicted molar refractivity (Wildman–Crippen MR) is 536 cm³/mol. The summed E-state index contributed by atoms with van der Waals surface area (Å²) in [5.41, 5.74) is 56.3. The van der Waals surface area contributed by atoms with E-state index >= 15 is 0 Å². The van der Waals surface area contributed by atoms with Gasteiger partial charge >= 0.3 is 0 Å². The molecular formula is C87H160N38O22. The van der Waals surface area contributed by atoms with Crippen molar-refractivity contribution in [3.8, 4) is 0 Å². The first kappa shape index (κ1) is 131. The topological polar surface area (TPSA) is 1020 Å². The molecule has 0 saturated heterocycles. The van der Waals surface area contributed by atoms with Crippen LogP contribution in [0.25, 0.3) is 0 Å². The number of aromatic amines is 1. The van der Waals surface area contributed by atoms with Crippen LogP contribution in [0.3, 0.4) is 0 Å². The van der Waals surface area contributed by atoms with Crippen molar-refractivity contribution < 1.29 is 106 Å². The van der Waals surface area contributed by atoms with Crippen LogP contribution in [0.4, 0.5) is 0 Å². The molecule has 0 aromatic carbocycles. The quantitative estimate of drug-likeness (QED) is 0.0164. The van der Waals surface area contributed by atoms with Crippen LogP contribution in [0.5, 0.6) is 0 Å². The first-order chi connectivity index (χ1) is 69.7. The number of nitrogens with two attached hydrogens (primary N) is 10. The Morgan fingerprint density at radius 3 is 0.850 bits per heavy atom. The first-order valence-corrected chi connectivity index (χ1v) is 48.9. The van der Waals surface area contributed by atoms with Crippen molar-refractivity contribution in [3.63, 3.8) is 0 Å². The molecular weight excluding hydrogens is 1930 g/mol. The Labute approximate surface area is 852 Å². The van der Waals surface area contributed by atoms with Gasteiger partial charge in [-0.3, -0.25) is 117 Å². The summed E-state index contributed by atoms with van der Waals surface area (Å²) in [5.74, 6) is -20.2. The number of nitrogens with one attached hydrogen (secondary N) is 27. The van der Waals surface area contributed by atoms with Crippen molar-refractivity contribution >= 4 is 142 Å². The zero-order chi connectivity index (χ0) is 110. The maximum atomic E-state index is 14.7. The van der Waals surface area contributed by atoms with Gasteiger partial charge in [0.2, 0.25) is 124 Å². The highest BCUT2D eigenvalue weighted by Crippen LogP contribution is 2.14. The van der Waals surface area contributed by atoms with E-state index in [2.05, 4.69) is 132 Å². The molecule has 1 aromatic heterocycles. The molecule has 48 N–H and O–H groups in total. The van der Waals surface area contributed by atoms with Crippen LogP contribution in [-0.4, -0.2) is 347 Å². The third kappa shape index (κ3) is 59.6. The standard InChI is InChI=1S/C87H160N38O22/c1-48(2)35-61(119-70(134)45-111-77(140)55(21-8-13-29-90)115-66(130)41-106-64(128)39-109-75(138)53(19-6-11-27-88)116-68(132)43-110-78(141)56(24-16-32-102-85(95)96)118-67(131)42-107-74(137)52(93)46-126)79(142)112-44-69(133)117-54(20-7-12-28-89)76(139)108-38-63(127)105-40-65(129)114-50(5)73(136)120-57(22-9-14-30-91)80(143)122-60(26-18-34-104-87(99)100)82(145)124-62(36-51-37-101-47-113-51)84(147)123-59(25-17-33-103-86(97)98)81(144)121-58(23-10-15-31-92)83(146)125-71(49(3)4)72(94)135/h37,47-50,52-62,71,126H,6-36,38-46,88-93H2,1-5H3,(H2,94,135)(H,101,113)(H,105,127)(H,106,128)(H,107,137)(H,108,139)(H,109,138)(H,110,141)(H,111,140)(H,112,142)(H,114,129)(H,115,130)(H,116,132)(H,117,133)(H,118,131)(H,119,134)(H,120,136)(H,121,144)(H,122,143)(H,123,147)(H,124,145)(H,125,146)(H4,95,96,102)(H4,97,98,103)(H4,99,100,104)/t50-,52-,53-,54-,55-,56-,57-,58-,59-,60-,61-,62-,71-/m0/s1. The van der Waals surface area contributed by atoms with E-state index in [-0.39, 0.29) is 172 Å². The molecule has 1 heterocycles. The number of hydrogen-bond acceptors (Lipinski definition) is 32. The summed E-state index contributed by atoms with van der Waals surface area (Å²) >= 11 is 0. The number of rotatable bonds is 79. The van der Waals surface area contributed by atoms with Gasteiger partial charge in [-0.25, -0.2) is 4.98 Å². The molecule has 0 saturated carbocycles. The Kier molecular flexibility index (Phi) is 67.0. The molecule has 0 spiro atoms. The normalized spacial score (nSPS) is 13.6. The van der Waals surface area contributed by atoms with Crippen molar-refractivity contribution in [2.75, 3.05) is 111 Å². The Morgan fingerprint density at radius 1 is 0.306 bits per heavy atom. The second kappa shape index (κ2) is 75.4. The molecule has 0 bridgehead atoms. The molecule has 1 aromatic rings. The van der Waals surface area contributed by atoms with Crippen molar-refractivity contribution in [1.29, 1.82) is 16.2 Å². The van der Waals surface area contributed by atoms with Crippen LogP contribution in [0.1, 0.15) is 182 Å². The molecule has 0 radical (unpaired) electrons. The Bertz CT molecular complexity index is 4400. The number of aromatic nitrogens is 2. The summed E-state index contributed by atoms with van der Waals surface area (Å²) in [5, 5.41) is 88.9. The largest absolute Gasteiger partial charge is 0.394 e. The van der Waals surface area contributed by atoms with Gasteiger partial charge in [0.05, 0.1) is 71.0 Å². The summed E-state index contributed by atoms with van der Waals surface area (Å²) in [6.07, 6.45) is 5.99. The van der Waals surface area contributed by atoms with E-state index in [0.717, 1.165) is 0 Å². The molecule has 0 unspecified atom stereocenters. The maximum absolute atomic E-state index is 14.7. The fourth-order valence-corrected chi connectivity index (χ4v) is 13.8. The van der Waals surface area contributed by atoms with Gasteiger partial charge in [0.15, 0.2) is 17.9 Å². The highest BCUT2D eigenvalue weighted by Gasteiger charge is 2.37. The summed E-state index contributed by atoms with van der Waals surface area (Å²) < 4.78 is 0. The third-order valence-corrected chi connectivity index (χ3v) is 21.8. The van der Waals surface area contributed by atoms with Crippen LogP contribution < -0.4 is 180 Å². The average molecular weight is 2090 g/mol. The number of aliphatic hydroxyl groups is 1. The van der Waals surface area contributed by atoms with Gasteiger partial charge < -0.3 is 190 Å². The minimum atomic E-state index is -1.55. The van der Waals surface area contributed by atoms with Gasteiger partial charge in [-0.05, 0) is 193 Å². The molecule has 13 atom stereocenters. The average Bonchev–Trinajstić information content (AvgIpc) is 1.07. The molecule has 0 aliphatic heterocycles. The number of hydrogen-bond donors (Lipinski definition) is 38. The van der Waals surface area contributed by atoms with Crippen LogP contribution in [-0.2, 0) is 107 Å². The summed E-state index contributed by atoms with van der Waals surface area (Å²) in [6, 6.07) is -17.5. The number of guanidine groups is 3. The molecule has 0 fully saturated rings. The minimum absolute atomic E-state index is 0.000260. The van der Waals surface area contributed by atoms with Gasteiger partial charge in [-0.15, -0.1) is 0 Å². The van der Waals surface area contributed by atoms with E-state index in [1.54, 1.807) is 27.7 Å². The molecule has 0 aliphatic carbocycles. The SMILES string of the molecule is CC(C)C[C@H](NC(=O)CNC(=O)[C@H](CCCCN)NC(=O)CNC(=O)CNC(=O)[C@H](CCCCN)NC(=O)CNC(=O)[C@H](CCCNC(=N)N)NC(=O)CNC(=O)[C@@H](N)CO)C(=O)NCC(=O)N[C@@H](CCCCN)C(=O)NCC(=O)NCC(=O)N[C@@H](C)C(=O)N[C@@H](CCCCN)C(=O)N[C@@H](CCCNC(=N)N)C(=O)N[C@@H](Cc1c[nH]cn1)C(=O)N[C@@H](CCCNC(=N)N)C(=O)N[C@@H](CCCCN)C(=O)N[C@H](C(N)=O)C(C)C. The van der Waals surface area contributed by atoms with Crippen molar-refractivity contribution in [2.24, 2.45) is 69.2 Å². The smallest absolute Gasteiger partial charge is 0.243 e. The zero-order valence-electron chi connectivity index (χ0n) is 84.3. The number of unbranched alkanes of at least 4 members (excludes halogenated alkanes) is 5. The van der Waals surface area contributed by atoms with Crippen LogP contribution in [0, 0.1) is 28.1 Å². The lowest BCUT2D eigenvalue weighted by molar-refractivity contribution is -0.136. The predicted octanol–water partition coefficient (Wildman–Crippen LogP) is -15.3. The monoisotopic (exact) mass is 2090 g/mol. The molecule has 60 nitrogen and oxygen atoms in total. The second-order valence-corrected chi connectivity index (χ2v) is 35.2. The zero-order valence-corrected chi connectivity index (χ0v) is 84.3. The molecule has 147 heavy (non-hydrogen) atoms.